The van der Waals surface area contributed by atoms with Crippen LogP contribution in [0.2, 0.25) is 0 Å². The van der Waals surface area contributed by atoms with Crippen LogP contribution < -0.4 is 10.6 Å². The number of nitrogens with one attached hydrogen (secondary N) is 2. The van der Waals surface area contributed by atoms with Crippen molar-refractivity contribution in [2.75, 3.05) is 25.0 Å². The van der Waals surface area contributed by atoms with Gasteiger partial charge in [-0.1, -0.05) is 17.4 Å². The van der Waals surface area contributed by atoms with E-state index in [9.17, 15) is 9.59 Å². The number of thiazole rings is 1. The Labute approximate surface area is 189 Å². The third kappa shape index (κ3) is 4.40. The number of fused-ring (bicyclic) bond motifs is 2. The maximum absolute atomic E-state index is 12.5. The molecule has 3 heterocycles. The van der Waals surface area contributed by atoms with Crippen molar-refractivity contribution in [3.05, 3.63) is 60.3 Å². The van der Waals surface area contributed by atoms with E-state index in [1.165, 1.54) is 11.3 Å². The molecular formula is C24H23N5O2S. The molecule has 0 atom stereocenters. The summed E-state index contributed by atoms with van der Waals surface area (Å²) in [6, 6.07) is 15.5. The largest absolute Gasteiger partial charge is 0.352 e. The number of aromatic nitrogens is 2. The molecule has 5 rings (SSSR count). The summed E-state index contributed by atoms with van der Waals surface area (Å²) in [7, 11) is 0. The molecule has 32 heavy (non-hydrogen) atoms. The Bertz CT molecular complexity index is 1300. The number of carbonyl (C=O) groups excluding carboxylic acids is 2. The molecule has 2 N–H and O–H groups in total. The molecule has 0 saturated carbocycles. The Kier molecular flexibility index (Phi) is 5.68. The normalized spacial score (nSPS) is 13.8. The minimum Gasteiger partial charge on any atom is -0.352 e. The number of anilines is 2. The Morgan fingerprint density at radius 2 is 2.03 bits per heavy atom. The Morgan fingerprint density at radius 1 is 1.12 bits per heavy atom. The topological polar surface area (TPSA) is 87.2 Å². The van der Waals surface area contributed by atoms with Crippen LogP contribution in [0.15, 0.2) is 54.7 Å². The van der Waals surface area contributed by atoms with Crippen molar-refractivity contribution < 1.29 is 9.59 Å². The van der Waals surface area contributed by atoms with Gasteiger partial charge in [-0.05, 0) is 55.3 Å². The van der Waals surface area contributed by atoms with E-state index in [-0.39, 0.29) is 11.8 Å². The van der Waals surface area contributed by atoms with Gasteiger partial charge in [-0.15, -0.1) is 0 Å². The maximum Gasteiger partial charge on any atom is 0.251 e. The first-order valence-corrected chi connectivity index (χ1v) is 11.6. The van der Waals surface area contributed by atoms with Gasteiger partial charge in [0.25, 0.3) is 5.91 Å². The van der Waals surface area contributed by atoms with Gasteiger partial charge in [0.05, 0.1) is 15.7 Å². The number of pyridine rings is 1. The molecule has 8 heteroatoms. The molecule has 0 spiro atoms. The van der Waals surface area contributed by atoms with Crippen molar-refractivity contribution in [3.63, 3.8) is 0 Å². The molecule has 0 radical (unpaired) electrons. The average Bonchev–Trinajstić information content (AvgIpc) is 3.41. The second-order valence-corrected chi connectivity index (χ2v) is 8.86. The van der Waals surface area contributed by atoms with Crippen molar-refractivity contribution in [3.8, 4) is 0 Å². The van der Waals surface area contributed by atoms with Gasteiger partial charge in [0.15, 0.2) is 5.13 Å². The molecule has 0 bridgehead atoms. The van der Waals surface area contributed by atoms with E-state index < -0.39 is 0 Å². The lowest BCUT2D eigenvalue weighted by molar-refractivity contribution is -0.127. The lowest BCUT2D eigenvalue weighted by Gasteiger charge is -2.15. The molecular weight excluding hydrogens is 422 g/mol. The first kappa shape index (κ1) is 20.4. The number of hydrogen-bond acceptors (Lipinski definition) is 6. The van der Waals surface area contributed by atoms with Crippen LogP contribution in [0, 0.1) is 0 Å². The first-order chi connectivity index (χ1) is 15.7. The van der Waals surface area contributed by atoms with Crippen LogP contribution in [-0.2, 0) is 4.79 Å². The summed E-state index contributed by atoms with van der Waals surface area (Å²) in [6.45, 7) is 2.08. The van der Waals surface area contributed by atoms with Crippen LogP contribution >= 0.6 is 11.3 Å². The highest BCUT2D eigenvalue weighted by Gasteiger charge is 2.19. The summed E-state index contributed by atoms with van der Waals surface area (Å²) in [4.78, 5) is 35.0. The fourth-order valence-electron chi connectivity index (χ4n) is 3.91. The highest BCUT2D eigenvalue weighted by atomic mass is 32.1. The van der Waals surface area contributed by atoms with E-state index in [0.717, 1.165) is 51.3 Å². The zero-order valence-electron chi connectivity index (χ0n) is 17.5. The Morgan fingerprint density at radius 3 is 2.91 bits per heavy atom. The molecule has 1 saturated heterocycles. The molecule has 1 aliphatic rings. The Hall–Kier alpha value is -3.52. The standard InChI is InChI=1S/C24H23N5O2S/c30-22-5-2-12-29(22)13-3-11-26-23(31)17-6-8-20-21(15-17)32-24(28-20)27-18-7-9-19-16(14-18)4-1-10-25-19/h1,4,6-10,14-15H,2-3,5,11-13H2,(H,26,31)(H,27,28). The Balaban J connectivity index is 1.22. The molecule has 2 aromatic carbocycles. The van der Waals surface area contributed by atoms with Crippen molar-refractivity contribution in [1.29, 1.82) is 0 Å². The SMILES string of the molecule is O=C(NCCCN1CCCC1=O)c1ccc2nc(Nc3ccc4ncccc4c3)sc2c1. The molecule has 0 unspecified atom stereocenters. The van der Waals surface area contributed by atoms with E-state index >= 15 is 0 Å². The van der Waals surface area contributed by atoms with Crippen LogP contribution in [0.4, 0.5) is 10.8 Å². The van der Waals surface area contributed by atoms with Gasteiger partial charge in [0.2, 0.25) is 5.91 Å². The van der Waals surface area contributed by atoms with Crippen LogP contribution in [-0.4, -0.2) is 46.3 Å². The summed E-state index contributed by atoms with van der Waals surface area (Å²) >= 11 is 1.51. The zero-order valence-corrected chi connectivity index (χ0v) is 18.3. The van der Waals surface area contributed by atoms with Gasteiger partial charge in [0.1, 0.15) is 0 Å². The van der Waals surface area contributed by atoms with Gasteiger partial charge >= 0.3 is 0 Å². The number of carbonyl (C=O) groups is 2. The number of amides is 2. The predicted octanol–water partition coefficient (Wildman–Crippen LogP) is 4.33. The number of rotatable bonds is 7. The molecule has 2 aromatic heterocycles. The second-order valence-electron chi connectivity index (χ2n) is 7.83. The highest BCUT2D eigenvalue weighted by molar-refractivity contribution is 7.22. The number of benzene rings is 2. The minimum atomic E-state index is -0.107. The van der Waals surface area contributed by atoms with Crippen molar-refractivity contribution in [2.45, 2.75) is 19.3 Å². The molecule has 1 aliphatic heterocycles. The van der Waals surface area contributed by atoms with Crippen molar-refractivity contribution in [1.82, 2.24) is 20.2 Å². The maximum atomic E-state index is 12.5. The quantitative estimate of drug-likeness (QED) is 0.414. The van der Waals surface area contributed by atoms with Crippen LogP contribution in [0.25, 0.3) is 21.1 Å². The molecule has 0 aliphatic carbocycles. The lowest BCUT2D eigenvalue weighted by Crippen LogP contribution is -2.30. The van der Waals surface area contributed by atoms with Crippen molar-refractivity contribution in [2.24, 2.45) is 0 Å². The van der Waals surface area contributed by atoms with Gasteiger partial charge in [-0.3, -0.25) is 14.6 Å². The highest BCUT2D eigenvalue weighted by Crippen LogP contribution is 2.30. The van der Waals surface area contributed by atoms with Crippen LogP contribution in [0.1, 0.15) is 29.6 Å². The van der Waals surface area contributed by atoms with E-state index in [1.807, 2.05) is 47.4 Å². The predicted molar refractivity (Wildman–Crippen MR) is 127 cm³/mol. The average molecular weight is 446 g/mol. The summed E-state index contributed by atoms with van der Waals surface area (Å²) in [6.07, 6.45) is 4.13. The molecule has 162 valence electrons. The van der Waals surface area contributed by atoms with E-state index in [4.69, 9.17) is 0 Å². The molecule has 7 nitrogen and oxygen atoms in total. The van der Waals surface area contributed by atoms with Gasteiger partial charge in [-0.2, -0.15) is 0 Å². The van der Waals surface area contributed by atoms with E-state index in [2.05, 4.69) is 20.6 Å². The van der Waals surface area contributed by atoms with E-state index in [1.54, 1.807) is 12.3 Å². The summed E-state index contributed by atoms with van der Waals surface area (Å²) in [5, 5.41) is 8.14. The van der Waals surface area contributed by atoms with Gasteiger partial charge in [-0.25, -0.2) is 4.98 Å². The zero-order chi connectivity index (χ0) is 21.9. The molecule has 1 fully saturated rings. The smallest absolute Gasteiger partial charge is 0.251 e. The summed E-state index contributed by atoms with van der Waals surface area (Å²) in [5.41, 5.74) is 3.36. The number of hydrogen-bond donors (Lipinski definition) is 2. The number of likely N-dealkylation sites (tertiary alicyclic amines) is 1. The van der Waals surface area contributed by atoms with Gasteiger partial charge in [0, 0.05) is 48.9 Å². The van der Waals surface area contributed by atoms with Crippen LogP contribution in [0.3, 0.4) is 0 Å². The molecule has 4 aromatic rings. The lowest BCUT2D eigenvalue weighted by atomic mass is 10.2. The van der Waals surface area contributed by atoms with Crippen LogP contribution in [0.5, 0.6) is 0 Å². The monoisotopic (exact) mass is 445 g/mol. The third-order valence-electron chi connectivity index (χ3n) is 5.57. The van der Waals surface area contributed by atoms with E-state index in [0.29, 0.717) is 25.1 Å². The minimum absolute atomic E-state index is 0.107. The summed E-state index contributed by atoms with van der Waals surface area (Å²) in [5.74, 6) is 0.112. The first-order valence-electron chi connectivity index (χ1n) is 10.7. The number of nitrogens with zero attached hydrogens (tertiary/aromatic N) is 3. The second kappa shape index (κ2) is 8.92. The fourth-order valence-corrected chi connectivity index (χ4v) is 4.84. The van der Waals surface area contributed by atoms with Gasteiger partial charge < -0.3 is 15.5 Å². The fraction of sp³-hybridized carbons (Fsp3) is 0.250. The molecule has 2 amide bonds. The third-order valence-corrected chi connectivity index (χ3v) is 6.50. The summed E-state index contributed by atoms with van der Waals surface area (Å²) < 4.78 is 0.949. The van der Waals surface area contributed by atoms with Crippen molar-refractivity contribution >= 4 is 55.1 Å².